The molecular formula is C24H27N3O2. The Bertz CT molecular complexity index is 1060. The maximum atomic E-state index is 11.6. The average Bonchev–Trinajstić information content (AvgIpc) is 3.21. The fraction of sp³-hybridized carbons (Fsp3) is 0.375. The molecule has 3 aromatic rings. The highest BCUT2D eigenvalue weighted by atomic mass is 16.5. The van der Waals surface area contributed by atoms with Crippen molar-refractivity contribution in [3.63, 3.8) is 0 Å². The van der Waals surface area contributed by atoms with Crippen molar-refractivity contribution in [1.82, 2.24) is 15.0 Å². The van der Waals surface area contributed by atoms with Gasteiger partial charge in [0.15, 0.2) is 0 Å². The van der Waals surface area contributed by atoms with Crippen LogP contribution in [0.3, 0.4) is 0 Å². The Morgan fingerprint density at radius 2 is 1.66 bits per heavy atom. The lowest BCUT2D eigenvalue weighted by molar-refractivity contribution is 0.0601. The van der Waals surface area contributed by atoms with Gasteiger partial charge in [0.2, 0.25) is 0 Å². The monoisotopic (exact) mass is 389 g/mol. The first-order chi connectivity index (χ1) is 13.7. The first kappa shape index (κ1) is 19.4. The summed E-state index contributed by atoms with van der Waals surface area (Å²) in [5.41, 5.74) is 6.68. The second-order valence-corrected chi connectivity index (χ2v) is 9.09. The molecule has 0 fully saturated rings. The Hall–Kier alpha value is -2.95. The average molecular weight is 389 g/mol. The van der Waals surface area contributed by atoms with Gasteiger partial charge in [0, 0.05) is 17.0 Å². The van der Waals surface area contributed by atoms with Crippen LogP contribution in [0, 0.1) is 0 Å². The molecule has 0 spiro atoms. The van der Waals surface area contributed by atoms with Gasteiger partial charge in [0.05, 0.1) is 36.0 Å². The summed E-state index contributed by atoms with van der Waals surface area (Å²) < 4.78 is 4.76. The van der Waals surface area contributed by atoms with Crippen LogP contribution in [-0.2, 0) is 15.6 Å². The molecule has 4 rings (SSSR count). The third-order valence-electron chi connectivity index (χ3n) is 6.03. The molecule has 1 N–H and O–H groups in total. The van der Waals surface area contributed by atoms with E-state index in [0.717, 1.165) is 46.7 Å². The van der Waals surface area contributed by atoms with Gasteiger partial charge >= 0.3 is 5.97 Å². The van der Waals surface area contributed by atoms with Crippen LogP contribution in [0.25, 0.3) is 22.5 Å². The first-order valence-corrected chi connectivity index (χ1v) is 9.97. The van der Waals surface area contributed by atoms with Crippen LogP contribution in [0.5, 0.6) is 0 Å². The molecule has 1 aliphatic carbocycles. The number of H-pyrrole nitrogens is 1. The summed E-state index contributed by atoms with van der Waals surface area (Å²) in [6.07, 6.45) is 6.06. The molecule has 5 nitrogen and oxygen atoms in total. The Labute approximate surface area is 171 Å². The zero-order valence-corrected chi connectivity index (χ0v) is 17.7. The van der Waals surface area contributed by atoms with E-state index >= 15 is 0 Å². The van der Waals surface area contributed by atoms with Gasteiger partial charge in [-0.3, -0.25) is 4.98 Å². The summed E-state index contributed by atoms with van der Waals surface area (Å²) in [6.45, 7) is 9.01. The molecule has 0 saturated heterocycles. The van der Waals surface area contributed by atoms with Gasteiger partial charge < -0.3 is 9.72 Å². The SMILES string of the molecule is COC(=O)c1ccc(-c2c[nH]c(-c3cnc4c(n3)C(C)(C)CCC4(C)C)c2)cc1. The quantitative estimate of drug-likeness (QED) is 0.619. The summed E-state index contributed by atoms with van der Waals surface area (Å²) in [5, 5.41) is 0. The van der Waals surface area contributed by atoms with E-state index in [4.69, 9.17) is 14.7 Å². The van der Waals surface area contributed by atoms with Crippen LogP contribution < -0.4 is 0 Å². The maximum absolute atomic E-state index is 11.6. The van der Waals surface area contributed by atoms with E-state index in [1.54, 1.807) is 12.1 Å². The van der Waals surface area contributed by atoms with E-state index in [-0.39, 0.29) is 16.8 Å². The van der Waals surface area contributed by atoms with Crippen LogP contribution in [-0.4, -0.2) is 28.0 Å². The second kappa shape index (κ2) is 6.83. The number of rotatable bonds is 3. The number of nitrogens with zero attached hydrogens (tertiary/aromatic N) is 2. The molecule has 2 aromatic heterocycles. The van der Waals surface area contributed by atoms with Gasteiger partial charge in [-0.25, -0.2) is 9.78 Å². The lowest BCUT2D eigenvalue weighted by atomic mass is 9.67. The normalized spacial score (nSPS) is 16.9. The molecule has 5 heteroatoms. The number of hydrogen-bond donors (Lipinski definition) is 1. The first-order valence-electron chi connectivity index (χ1n) is 9.97. The van der Waals surface area contributed by atoms with E-state index in [1.807, 2.05) is 24.5 Å². The topological polar surface area (TPSA) is 67.9 Å². The number of carbonyl (C=O) groups is 1. The fourth-order valence-electron chi connectivity index (χ4n) is 3.97. The summed E-state index contributed by atoms with van der Waals surface area (Å²) in [7, 11) is 1.39. The van der Waals surface area contributed by atoms with Crippen molar-refractivity contribution in [2.75, 3.05) is 7.11 Å². The minimum absolute atomic E-state index is 0.0208. The standard InChI is InChI=1S/C24H27N3O2/c1-23(2)10-11-24(3,4)21-20(23)26-14-19(27-21)18-12-17(13-25-18)15-6-8-16(9-7-15)22(28)29-5/h6-9,12-14,25H,10-11H2,1-5H3. The van der Waals surface area contributed by atoms with Crippen molar-refractivity contribution in [2.45, 2.75) is 51.4 Å². The van der Waals surface area contributed by atoms with Gasteiger partial charge in [0.25, 0.3) is 0 Å². The number of esters is 1. The third kappa shape index (κ3) is 3.46. The van der Waals surface area contributed by atoms with E-state index in [1.165, 1.54) is 7.11 Å². The van der Waals surface area contributed by atoms with Crippen molar-refractivity contribution in [2.24, 2.45) is 0 Å². The molecule has 0 unspecified atom stereocenters. The fourth-order valence-corrected chi connectivity index (χ4v) is 3.97. The van der Waals surface area contributed by atoms with Gasteiger partial charge in [-0.1, -0.05) is 39.8 Å². The molecule has 29 heavy (non-hydrogen) atoms. The van der Waals surface area contributed by atoms with Crippen LogP contribution in [0.15, 0.2) is 42.7 Å². The summed E-state index contributed by atoms with van der Waals surface area (Å²) in [5.74, 6) is -0.332. The Morgan fingerprint density at radius 1 is 1.00 bits per heavy atom. The molecule has 0 amide bonds. The molecule has 2 heterocycles. The zero-order valence-electron chi connectivity index (χ0n) is 17.7. The number of nitrogens with one attached hydrogen (secondary N) is 1. The zero-order chi connectivity index (χ0) is 20.8. The number of ether oxygens (including phenoxy) is 1. The summed E-state index contributed by atoms with van der Waals surface area (Å²) in [6, 6.07) is 9.46. The lowest BCUT2D eigenvalue weighted by Gasteiger charge is -2.39. The van der Waals surface area contributed by atoms with E-state index in [2.05, 4.69) is 38.7 Å². The molecule has 0 aliphatic heterocycles. The maximum Gasteiger partial charge on any atom is 0.337 e. The minimum Gasteiger partial charge on any atom is -0.465 e. The van der Waals surface area contributed by atoms with Crippen LogP contribution in [0.2, 0.25) is 0 Å². The van der Waals surface area contributed by atoms with Crippen molar-refractivity contribution in [1.29, 1.82) is 0 Å². The third-order valence-corrected chi connectivity index (χ3v) is 6.03. The highest BCUT2D eigenvalue weighted by Gasteiger charge is 2.39. The van der Waals surface area contributed by atoms with Crippen molar-refractivity contribution in [3.8, 4) is 22.5 Å². The molecule has 0 atom stereocenters. The molecule has 1 aromatic carbocycles. The predicted molar refractivity (Wildman–Crippen MR) is 114 cm³/mol. The summed E-state index contributed by atoms with van der Waals surface area (Å²) in [4.78, 5) is 24.8. The smallest absolute Gasteiger partial charge is 0.337 e. The minimum atomic E-state index is -0.332. The summed E-state index contributed by atoms with van der Waals surface area (Å²) >= 11 is 0. The number of aromatic nitrogens is 3. The Morgan fingerprint density at radius 3 is 2.31 bits per heavy atom. The van der Waals surface area contributed by atoms with Crippen LogP contribution in [0.1, 0.15) is 62.3 Å². The molecule has 150 valence electrons. The molecular weight excluding hydrogens is 362 g/mol. The van der Waals surface area contributed by atoms with Crippen LogP contribution >= 0.6 is 0 Å². The van der Waals surface area contributed by atoms with E-state index in [9.17, 15) is 4.79 Å². The number of fused-ring (bicyclic) bond motifs is 1. The largest absolute Gasteiger partial charge is 0.465 e. The lowest BCUT2D eigenvalue weighted by Crippen LogP contribution is -2.36. The Kier molecular flexibility index (Phi) is 4.56. The van der Waals surface area contributed by atoms with Gasteiger partial charge in [0.1, 0.15) is 5.69 Å². The number of aromatic amines is 1. The molecule has 0 bridgehead atoms. The number of hydrogen-bond acceptors (Lipinski definition) is 4. The second-order valence-electron chi connectivity index (χ2n) is 9.09. The van der Waals surface area contributed by atoms with Gasteiger partial charge in [-0.15, -0.1) is 0 Å². The molecule has 1 aliphatic rings. The Balaban J connectivity index is 1.68. The number of carbonyl (C=O) groups excluding carboxylic acids is 1. The van der Waals surface area contributed by atoms with Crippen molar-refractivity contribution < 1.29 is 9.53 Å². The van der Waals surface area contributed by atoms with Crippen molar-refractivity contribution >= 4 is 5.97 Å². The highest BCUT2D eigenvalue weighted by Crippen LogP contribution is 2.44. The van der Waals surface area contributed by atoms with Crippen molar-refractivity contribution in [3.05, 3.63) is 59.7 Å². The van der Waals surface area contributed by atoms with E-state index in [0.29, 0.717) is 5.56 Å². The molecule has 0 radical (unpaired) electrons. The number of benzene rings is 1. The predicted octanol–water partition coefficient (Wildman–Crippen LogP) is 5.27. The van der Waals surface area contributed by atoms with Gasteiger partial charge in [-0.2, -0.15) is 0 Å². The number of methoxy groups -OCH3 is 1. The highest BCUT2D eigenvalue weighted by molar-refractivity contribution is 5.90. The van der Waals surface area contributed by atoms with Gasteiger partial charge in [-0.05, 0) is 42.2 Å². The van der Waals surface area contributed by atoms with Crippen LogP contribution in [0.4, 0.5) is 0 Å². The molecule has 0 saturated carbocycles. The van der Waals surface area contributed by atoms with E-state index < -0.39 is 0 Å².